The van der Waals surface area contributed by atoms with Crippen LogP contribution in [-0.4, -0.2) is 49.4 Å². The molecule has 0 bridgehead atoms. The number of hydrogen-bond acceptors (Lipinski definition) is 8. The SMILES string of the molecule is COc1cc(/C=C2/SC(=S)N(CC(=O)O)C2=O)ccc1OCc1nc2ccccc2c(=O)n1-c1cccc(C)c1. The first-order chi connectivity index (χ1) is 19.2. The molecule has 0 saturated carbocycles. The van der Waals surface area contributed by atoms with E-state index < -0.39 is 18.4 Å². The largest absolute Gasteiger partial charge is 0.493 e. The van der Waals surface area contributed by atoms with Crippen molar-refractivity contribution < 1.29 is 24.2 Å². The van der Waals surface area contributed by atoms with Crippen molar-refractivity contribution in [1.29, 1.82) is 0 Å². The van der Waals surface area contributed by atoms with Crippen molar-refractivity contribution in [2.24, 2.45) is 0 Å². The van der Waals surface area contributed by atoms with Crippen molar-refractivity contribution in [1.82, 2.24) is 14.5 Å². The third-order valence-electron chi connectivity index (χ3n) is 6.11. The van der Waals surface area contributed by atoms with Gasteiger partial charge >= 0.3 is 5.97 Å². The monoisotopic (exact) mass is 573 g/mol. The fourth-order valence-electron chi connectivity index (χ4n) is 4.27. The average molecular weight is 574 g/mol. The number of carboxylic acids is 1. The maximum atomic E-state index is 13.5. The Bertz CT molecular complexity index is 1760. The number of fused-ring (bicyclic) bond motifs is 1. The quantitative estimate of drug-likeness (QED) is 0.239. The van der Waals surface area contributed by atoms with E-state index in [-0.39, 0.29) is 16.5 Å². The molecule has 1 fully saturated rings. The molecule has 202 valence electrons. The molecule has 0 atom stereocenters. The Morgan fingerprint density at radius 2 is 1.88 bits per heavy atom. The van der Waals surface area contributed by atoms with Crippen LogP contribution in [0.4, 0.5) is 0 Å². The summed E-state index contributed by atoms with van der Waals surface area (Å²) in [5.74, 6) is -0.374. The molecule has 2 heterocycles. The fraction of sp³-hybridized carbons (Fsp3) is 0.138. The number of thioether (sulfide) groups is 1. The second-order valence-electron chi connectivity index (χ2n) is 8.89. The lowest BCUT2D eigenvalue weighted by atomic mass is 10.2. The summed E-state index contributed by atoms with van der Waals surface area (Å²) >= 11 is 6.20. The topological polar surface area (TPSA) is 111 Å². The number of carbonyl (C=O) groups is 2. The fourth-order valence-corrected chi connectivity index (χ4v) is 5.52. The molecule has 40 heavy (non-hydrogen) atoms. The number of amides is 1. The lowest BCUT2D eigenvalue weighted by molar-refractivity contribution is -0.140. The average Bonchev–Trinajstić information content (AvgIpc) is 3.19. The van der Waals surface area contributed by atoms with Gasteiger partial charge in [0.1, 0.15) is 17.5 Å². The van der Waals surface area contributed by atoms with Gasteiger partial charge in [0.15, 0.2) is 17.3 Å². The Labute approximate surface area is 238 Å². The van der Waals surface area contributed by atoms with E-state index in [9.17, 15) is 14.4 Å². The zero-order valence-electron chi connectivity index (χ0n) is 21.5. The van der Waals surface area contributed by atoms with Crippen LogP contribution in [-0.2, 0) is 16.2 Å². The predicted molar refractivity (Wildman–Crippen MR) is 157 cm³/mol. The summed E-state index contributed by atoms with van der Waals surface area (Å²) in [4.78, 5) is 43.3. The first kappa shape index (κ1) is 27.1. The van der Waals surface area contributed by atoms with Crippen LogP contribution in [0.15, 0.2) is 76.4 Å². The van der Waals surface area contributed by atoms with Crippen LogP contribution in [0.5, 0.6) is 11.5 Å². The highest BCUT2D eigenvalue weighted by molar-refractivity contribution is 8.26. The highest BCUT2D eigenvalue weighted by atomic mass is 32.2. The molecule has 1 N–H and O–H groups in total. The number of benzene rings is 3. The van der Waals surface area contributed by atoms with Crippen LogP contribution >= 0.6 is 24.0 Å². The summed E-state index contributed by atoms with van der Waals surface area (Å²) in [6.45, 7) is 1.45. The van der Waals surface area contributed by atoms with Crippen molar-refractivity contribution >= 4 is 57.2 Å². The third-order valence-corrected chi connectivity index (χ3v) is 7.49. The van der Waals surface area contributed by atoms with Gasteiger partial charge in [-0.15, -0.1) is 0 Å². The number of aryl methyl sites for hydroxylation is 1. The first-order valence-corrected chi connectivity index (χ1v) is 13.3. The smallest absolute Gasteiger partial charge is 0.323 e. The Hall–Kier alpha value is -4.48. The van der Waals surface area contributed by atoms with Crippen LogP contribution in [0.25, 0.3) is 22.7 Å². The summed E-state index contributed by atoms with van der Waals surface area (Å²) in [6.07, 6.45) is 1.62. The zero-order chi connectivity index (χ0) is 28.4. The van der Waals surface area contributed by atoms with Gasteiger partial charge in [0, 0.05) is 0 Å². The maximum absolute atomic E-state index is 13.5. The first-order valence-electron chi connectivity index (χ1n) is 12.1. The molecule has 1 saturated heterocycles. The summed E-state index contributed by atoms with van der Waals surface area (Å²) in [5.41, 5.74) is 2.70. The number of aliphatic carboxylic acids is 1. The molecule has 0 radical (unpaired) electrons. The van der Waals surface area contributed by atoms with E-state index in [4.69, 9.17) is 31.8 Å². The molecule has 3 aromatic carbocycles. The van der Waals surface area contributed by atoms with Gasteiger partial charge in [-0.25, -0.2) is 4.98 Å². The van der Waals surface area contributed by atoms with Gasteiger partial charge in [-0.1, -0.05) is 54.3 Å². The molecule has 0 unspecified atom stereocenters. The van der Waals surface area contributed by atoms with Gasteiger partial charge in [-0.05, 0) is 60.5 Å². The number of aromatic nitrogens is 2. The number of thiocarbonyl (C=S) groups is 1. The minimum Gasteiger partial charge on any atom is -0.493 e. The van der Waals surface area contributed by atoms with E-state index >= 15 is 0 Å². The van der Waals surface area contributed by atoms with E-state index in [1.807, 2.05) is 37.3 Å². The number of methoxy groups -OCH3 is 1. The second kappa shape index (κ2) is 11.3. The maximum Gasteiger partial charge on any atom is 0.323 e. The molecular weight excluding hydrogens is 550 g/mol. The number of rotatable bonds is 8. The van der Waals surface area contributed by atoms with Crippen molar-refractivity contribution in [3.05, 3.63) is 98.9 Å². The van der Waals surface area contributed by atoms with Crippen LogP contribution in [0.1, 0.15) is 17.0 Å². The van der Waals surface area contributed by atoms with Gasteiger partial charge in [-0.2, -0.15) is 0 Å². The van der Waals surface area contributed by atoms with Crippen molar-refractivity contribution in [2.75, 3.05) is 13.7 Å². The molecule has 9 nitrogen and oxygen atoms in total. The van der Waals surface area contributed by atoms with Gasteiger partial charge < -0.3 is 14.6 Å². The van der Waals surface area contributed by atoms with Gasteiger partial charge in [0.05, 0.1) is 28.6 Å². The van der Waals surface area contributed by atoms with Crippen LogP contribution < -0.4 is 15.0 Å². The van der Waals surface area contributed by atoms with Crippen LogP contribution in [0.2, 0.25) is 0 Å². The van der Waals surface area contributed by atoms with Crippen LogP contribution in [0, 0.1) is 6.92 Å². The molecule has 0 spiro atoms. The summed E-state index contributed by atoms with van der Waals surface area (Å²) < 4.78 is 13.4. The third kappa shape index (κ3) is 5.47. The number of ether oxygens (including phenoxy) is 2. The Morgan fingerprint density at radius 3 is 2.62 bits per heavy atom. The van der Waals surface area contributed by atoms with E-state index in [1.54, 1.807) is 47.0 Å². The molecule has 1 aliphatic rings. The van der Waals surface area contributed by atoms with Crippen molar-refractivity contribution in [2.45, 2.75) is 13.5 Å². The van der Waals surface area contributed by atoms with E-state index in [1.165, 1.54) is 7.11 Å². The lowest BCUT2D eigenvalue weighted by Gasteiger charge is -2.16. The van der Waals surface area contributed by atoms with Crippen LogP contribution in [0.3, 0.4) is 0 Å². The molecule has 1 aromatic heterocycles. The molecule has 0 aliphatic carbocycles. The Balaban J connectivity index is 1.45. The number of carboxylic acid groups (broad SMARTS) is 1. The van der Waals surface area contributed by atoms with Crippen molar-refractivity contribution in [3.63, 3.8) is 0 Å². The lowest BCUT2D eigenvalue weighted by Crippen LogP contribution is -2.33. The van der Waals surface area contributed by atoms with Gasteiger partial charge in [-0.3, -0.25) is 23.9 Å². The molecule has 1 aliphatic heterocycles. The van der Waals surface area contributed by atoms with Crippen molar-refractivity contribution in [3.8, 4) is 17.2 Å². The van der Waals surface area contributed by atoms with E-state index in [0.717, 1.165) is 22.2 Å². The Kier molecular flexibility index (Phi) is 7.67. The highest BCUT2D eigenvalue weighted by Crippen LogP contribution is 2.35. The molecule has 4 aromatic rings. The number of nitrogens with zero attached hydrogens (tertiary/aromatic N) is 3. The Morgan fingerprint density at radius 1 is 1.07 bits per heavy atom. The number of carbonyl (C=O) groups excluding carboxylic acids is 1. The summed E-state index contributed by atoms with van der Waals surface area (Å²) in [5, 5.41) is 9.55. The normalized spacial score (nSPS) is 14.2. The van der Waals surface area contributed by atoms with Gasteiger partial charge in [0.25, 0.3) is 11.5 Å². The molecule has 11 heteroatoms. The minimum absolute atomic E-state index is 0.0163. The molecule has 1 amide bonds. The van der Waals surface area contributed by atoms with Gasteiger partial charge in [0.2, 0.25) is 0 Å². The molecule has 5 rings (SSSR count). The second-order valence-corrected chi connectivity index (χ2v) is 10.6. The number of hydrogen-bond donors (Lipinski definition) is 1. The zero-order valence-corrected chi connectivity index (χ0v) is 23.1. The summed E-state index contributed by atoms with van der Waals surface area (Å²) in [7, 11) is 1.50. The van der Waals surface area contributed by atoms with E-state index in [2.05, 4.69) is 0 Å². The highest BCUT2D eigenvalue weighted by Gasteiger charge is 2.33. The minimum atomic E-state index is -1.14. The van der Waals surface area contributed by atoms with E-state index in [0.29, 0.717) is 44.4 Å². The standard InChI is InChI=1S/C29H23N3O6S2/c1-17-6-5-7-19(12-17)32-25(30-21-9-4-3-8-20(21)27(32)35)16-38-22-11-10-18(13-23(22)37-2)14-24-28(36)31(15-26(33)34)29(39)40-24/h3-14H,15-16H2,1-2H3,(H,33,34)/b24-14+. The summed E-state index contributed by atoms with van der Waals surface area (Å²) in [6, 6.07) is 19.9. The molecular formula is C29H23N3O6S2. The number of para-hydroxylation sites is 1. The predicted octanol–water partition coefficient (Wildman–Crippen LogP) is 4.57.